The van der Waals surface area contributed by atoms with Gasteiger partial charge in [0.25, 0.3) is 0 Å². The molecular formula is C15H28N2O4. The van der Waals surface area contributed by atoms with Crippen LogP contribution in [0.15, 0.2) is 0 Å². The Kier molecular flexibility index (Phi) is 6.45. The van der Waals surface area contributed by atoms with Gasteiger partial charge >= 0.3 is 12.1 Å². The first-order chi connectivity index (χ1) is 9.67. The fraction of sp³-hybridized carbons (Fsp3) is 0.867. The Morgan fingerprint density at radius 3 is 2.48 bits per heavy atom. The van der Waals surface area contributed by atoms with Gasteiger partial charge < -0.3 is 20.1 Å². The van der Waals surface area contributed by atoms with Crippen molar-refractivity contribution in [1.29, 1.82) is 0 Å². The predicted molar refractivity (Wildman–Crippen MR) is 80.2 cm³/mol. The largest absolute Gasteiger partial charge is 0.481 e. The van der Waals surface area contributed by atoms with Crippen LogP contribution in [0, 0.1) is 11.8 Å². The van der Waals surface area contributed by atoms with Crippen molar-refractivity contribution in [1.82, 2.24) is 10.2 Å². The number of aliphatic carboxylic acids is 1. The third-order valence-electron chi connectivity index (χ3n) is 3.54. The lowest BCUT2D eigenvalue weighted by atomic mass is 9.75. The van der Waals surface area contributed by atoms with Gasteiger partial charge in [-0.3, -0.25) is 4.79 Å². The Bertz CT molecular complexity index is 359. The average molecular weight is 300 g/mol. The summed E-state index contributed by atoms with van der Waals surface area (Å²) in [6.45, 7) is 7.90. The Hall–Kier alpha value is -1.30. The van der Waals surface area contributed by atoms with Gasteiger partial charge in [0.2, 0.25) is 0 Å². The SMILES string of the molecule is CN(CCCNC(=O)OC(C)(C)C)CC1CC(C(=O)O)C1. The molecule has 1 fully saturated rings. The highest BCUT2D eigenvalue weighted by molar-refractivity contribution is 5.71. The molecule has 1 saturated carbocycles. The highest BCUT2D eigenvalue weighted by Crippen LogP contribution is 2.34. The van der Waals surface area contributed by atoms with E-state index >= 15 is 0 Å². The van der Waals surface area contributed by atoms with Gasteiger partial charge in [-0.15, -0.1) is 0 Å². The number of hydrogen-bond acceptors (Lipinski definition) is 4. The molecule has 0 aromatic rings. The summed E-state index contributed by atoms with van der Waals surface area (Å²) in [5.41, 5.74) is -0.466. The molecule has 122 valence electrons. The minimum absolute atomic E-state index is 0.141. The molecule has 0 spiro atoms. The van der Waals surface area contributed by atoms with Crippen molar-refractivity contribution in [2.75, 3.05) is 26.7 Å². The van der Waals surface area contributed by atoms with Crippen LogP contribution in [-0.4, -0.2) is 54.4 Å². The molecule has 0 saturated heterocycles. The van der Waals surface area contributed by atoms with Crippen molar-refractivity contribution >= 4 is 12.1 Å². The van der Waals surface area contributed by atoms with E-state index in [2.05, 4.69) is 10.2 Å². The molecule has 0 heterocycles. The molecule has 1 amide bonds. The van der Waals surface area contributed by atoms with E-state index in [-0.39, 0.29) is 12.0 Å². The molecule has 0 aliphatic heterocycles. The van der Waals surface area contributed by atoms with Crippen LogP contribution >= 0.6 is 0 Å². The van der Waals surface area contributed by atoms with E-state index in [1.165, 1.54) is 0 Å². The van der Waals surface area contributed by atoms with Gasteiger partial charge in [0.05, 0.1) is 5.92 Å². The number of nitrogens with zero attached hydrogens (tertiary/aromatic N) is 1. The zero-order valence-electron chi connectivity index (χ0n) is 13.5. The average Bonchev–Trinajstić information content (AvgIpc) is 2.26. The highest BCUT2D eigenvalue weighted by Gasteiger charge is 2.34. The second-order valence-corrected chi connectivity index (χ2v) is 6.92. The minimum Gasteiger partial charge on any atom is -0.481 e. The fourth-order valence-electron chi connectivity index (χ4n) is 2.47. The van der Waals surface area contributed by atoms with Crippen LogP contribution < -0.4 is 5.32 Å². The Morgan fingerprint density at radius 1 is 1.33 bits per heavy atom. The Morgan fingerprint density at radius 2 is 1.95 bits per heavy atom. The van der Waals surface area contributed by atoms with Crippen LogP contribution in [0.25, 0.3) is 0 Å². The van der Waals surface area contributed by atoms with E-state index in [0.717, 1.165) is 32.4 Å². The van der Waals surface area contributed by atoms with Crippen LogP contribution in [0.3, 0.4) is 0 Å². The second-order valence-electron chi connectivity index (χ2n) is 6.92. The van der Waals surface area contributed by atoms with Gasteiger partial charge in [-0.05, 0) is 59.5 Å². The molecular weight excluding hydrogens is 272 g/mol. The maximum atomic E-state index is 11.4. The lowest BCUT2D eigenvalue weighted by molar-refractivity contribution is -0.146. The maximum absolute atomic E-state index is 11.4. The zero-order chi connectivity index (χ0) is 16.0. The van der Waals surface area contributed by atoms with Crippen molar-refractivity contribution in [3.8, 4) is 0 Å². The molecule has 0 aromatic carbocycles. The number of carboxylic acid groups (broad SMARTS) is 1. The van der Waals surface area contributed by atoms with Gasteiger partial charge in [0, 0.05) is 13.1 Å². The molecule has 2 N–H and O–H groups in total. The molecule has 6 nitrogen and oxygen atoms in total. The minimum atomic E-state index is -0.671. The summed E-state index contributed by atoms with van der Waals surface area (Å²) < 4.78 is 5.15. The number of carbonyl (C=O) groups is 2. The molecule has 6 heteroatoms. The quantitative estimate of drug-likeness (QED) is 0.703. The third kappa shape index (κ3) is 7.32. The summed E-state index contributed by atoms with van der Waals surface area (Å²) in [5, 5.41) is 11.6. The first kappa shape index (κ1) is 17.8. The lowest BCUT2D eigenvalue weighted by Crippen LogP contribution is -2.38. The number of alkyl carbamates (subject to hydrolysis) is 1. The molecule has 1 aliphatic rings. The molecule has 0 aromatic heterocycles. The number of amides is 1. The van der Waals surface area contributed by atoms with Crippen molar-refractivity contribution < 1.29 is 19.4 Å². The molecule has 21 heavy (non-hydrogen) atoms. The molecule has 0 atom stereocenters. The predicted octanol–water partition coefficient (Wildman–Crippen LogP) is 1.94. The van der Waals surface area contributed by atoms with Crippen molar-refractivity contribution in [3.63, 3.8) is 0 Å². The lowest BCUT2D eigenvalue weighted by Gasteiger charge is -2.35. The van der Waals surface area contributed by atoms with Gasteiger partial charge in [0.15, 0.2) is 0 Å². The molecule has 1 aliphatic carbocycles. The Labute approximate surface area is 126 Å². The van der Waals surface area contributed by atoms with Crippen LogP contribution in [0.4, 0.5) is 4.79 Å². The summed E-state index contributed by atoms with van der Waals surface area (Å²) in [7, 11) is 2.03. The van der Waals surface area contributed by atoms with Crippen LogP contribution in [0.1, 0.15) is 40.0 Å². The van der Waals surface area contributed by atoms with E-state index in [1.54, 1.807) is 0 Å². The normalized spacial score (nSPS) is 21.8. The van der Waals surface area contributed by atoms with Crippen molar-refractivity contribution in [2.24, 2.45) is 11.8 Å². The smallest absolute Gasteiger partial charge is 0.407 e. The standard InChI is InChI=1S/C15H28N2O4/c1-15(2,3)21-14(20)16-6-5-7-17(4)10-11-8-12(9-11)13(18)19/h11-12H,5-10H2,1-4H3,(H,16,20)(H,18,19). The van der Waals surface area contributed by atoms with E-state index in [9.17, 15) is 9.59 Å². The van der Waals surface area contributed by atoms with Crippen LogP contribution in [0.5, 0.6) is 0 Å². The van der Waals surface area contributed by atoms with Crippen molar-refractivity contribution in [3.05, 3.63) is 0 Å². The Balaban J connectivity index is 2.03. The summed E-state index contributed by atoms with van der Waals surface area (Å²) in [4.78, 5) is 24.3. The molecule has 1 rings (SSSR count). The van der Waals surface area contributed by atoms with Crippen molar-refractivity contribution in [2.45, 2.75) is 45.6 Å². The molecule has 0 bridgehead atoms. The summed E-state index contributed by atoms with van der Waals surface area (Å²) >= 11 is 0. The maximum Gasteiger partial charge on any atom is 0.407 e. The second kappa shape index (κ2) is 7.64. The highest BCUT2D eigenvalue weighted by atomic mass is 16.6. The van der Waals surface area contributed by atoms with E-state index in [1.807, 2.05) is 27.8 Å². The number of hydrogen-bond donors (Lipinski definition) is 2. The zero-order valence-corrected chi connectivity index (χ0v) is 13.5. The van der Waals surface area contributed by atoms with Gasteiger partial charge in [0.1, 0.15) is 5.60 Å². The summed E-state index contributed by atoms with van der Waals surface area (Å²) in [6, 6.07) is 0. The van der Waals surface area contributed by atoms with Crippen LogP contribution in [0.2, 0.25) is 0 Å². The van der Waals surface area contributed by atoms with Crippen LogP contribution in [-0.2, 0) is 9.53 Å². The number of carboxylic acids is 1. The topological polar surface area (TPSA) is 78.9 Å². The number of ether oxygens (including phenoxy) is 1. The first-order valence-electron chi connectivity index (χ1n) is 7.55. The molecule has 0 unspecified atom stereocenters. The summed E-state index contributed by atoms with van der Waals surface area (Å²) in [6.07, 6.45) is 2.05. The molecule has 0 radical (unpaired) electrons. The third-order valence-corrected chi connectivity index (χ3v) is 3.54. The van der Waals surface area contributed by atoms with E-state index in [4.69, 9.17) is 9.84 Å². The van der Waals surface area contributed by atoms with E-state index < -0.39 is 11.6 Å². The number of nitrogens with one attached hydrogen (secondary N) is 1. The number of carbonyl (C=O) groups excluding carboxylic acids is 1. The van der Waals surface area contributed by atoms with Gasteiger partial charge in [-0.25, -0.2) is 4.79 Å². The van der Waals surface area contributed by atoms with E-state index in [0.29, 0.717) is 12.5 Å². The fourth-order valence-corrected chi connectivity index (χ4v) is 2.47. The van der Waals surface area contributed by atoms with Gasteiger partial charge in [-0.1, -0.05) is 0 Å². The first-order valence-corrected chi connectivity index (χ1v) is 7.55. The summed E-state index contributed by atoms with van der Waals surface area (Å²) in [5.74, 6) is -0.317. The monoisotopic (exact) mass is 300 g/mol. The number of rotatable bonds is 7. The van der Waals surface area contributed by atoms with Gasteiger partial charge in [-0.2, -0.15) is 0 Å².